The highest BCUT2D eigenvalue weighted by molar-refractivity contribution is 6.36. The van der Waals surface area contributed by atoms with E-state index in [1.807, 2.05) is 12.1 Å². The summed E-state index contributed by atoms with van der Waals surface area (Å²) in [5.74, 6) is 0.0896. The number of rotatable bonds is 1. The fourth-order valence-electron chi connectivity index (χ4n) is 2.17. The van der Waals surface area contributed by atoms with Crippen LogP contribution in [-0.2, 0) is 0 Å². The molecule has 16 heavy (non-hydrogen) atoms. The van der Waals surface area contributed by atoms with Gasteiger partial charge in [-0.3, -0.25) is 0 Å². The molecule has 0 aliphatic carbocycles. The lowest BCUT2D eigenvalue weighted by Gasteiger charge is -2.25. The monoisotopic (exact) mass is 254 g/mol. The highest BCUT2D eigenvalue weighted by atomic mass is 35.5. The molecule has 2 nitrogen and oxygen atoms in total. The molecule has 1 aliphatic heterocycles. The Labute approximate surface area is 105 Å². The molecule has 2 unspecified atom stereocenters. The number of nitrogens with zero attached hydrogens (tertiary/aromatic N) is 2. The van der Waals surface area contributed by atoms with E-state index in [0.29, 0.717) is 10.0 Å². The summed E-state index contributed by atoms with van der Waals surface area (Å²) >= 11 is 12.0. The van der Waals surface area contributed by atoms with E-state index in [2.05, 4.69) is 17.9 Å². The standard InChI is InChI=1S/C12H12Cl2N2/c1-8-9(7-15)4-5-16(8)12-3-2-10(13)6-11(12)14/h2-3,6,8-9H,4-5H2,1H3. The van der Waals surface area contributed by atoms with Crippen LogP contribution in [0.5, 0.6) is 0 Å². The van der Waals surface area contributed by atoms with Crippen molar-refractivity contribution in [1.29, 1.82) is 5.26 Å². The lowest BCUT2D eigenvalue weighted by atomic mass is 10.0. The summed E-state index contributed by atoms with van der Waals surface area (Å²) in [5.41, 5.74) is 0.969. The molecule has 1 aromatic carbocycles. The van der Waals surface area contributed by atoms with Gasteiger partial charge in [0.25, 0.3) is 0 Å². The summed E-state index contributed by atoms with van der Waals surface area (Å²) in [6, 6.07) is 8.03. The van der Waals surface area contributed by atoms with Crippen LogP contribution in [0.25, 0.3) is 0 Å². The minimum atomic E-state index is 0.0896. The molecule has 0 spiro atoms. The molecule has 1 heterocycles. The van der Waals surface area contributed by atoms with Crippen LogP contribution < -0.4 is 4.90 Å². The third-order valence-corrected chi connectivity index (χ3v) is 3.68. The maximum Gasteiger partial charge on any atom is 0.0681 e. The SMILES string of the molecule is CC1C(C#N)CCN1c1ccc(Cl)cc1Cl. The molecule has 0 bridgehead atoms. The molecule has 0 saturated carbocycles. The molecular weight excluding hydrogens is 243 g/mol. The number of hydrogen-bond donors (Lipinski definition) is 0. The molecule has 2 atom stereocenters. The van der Waals surface area contributed by atoms with Crippen LogP contribution in [-0.4, -0.2) is 12.6 Å². The number of hydrogen-bond acceptors (Lipinski definition) is 2. The topological polar surface area (TPSA) is 27.0 Å². The number of anilines is 1. The predicted octanol–water partition coefficient (Wildman–Crippen LogP) is 3.73. The molecule has 2 rings (SSSR count). The zero-order valence-corrected chi connectivity index (χ0v) is 10.5. The van der Waals surface area contributed by atoms with E-state index in [9.17, 15) is 0 Å². The first-order valence-corrected chi connectivity index (χ1v) is 6.00. The van der Waals surface area contributed by atoms with Crippen LogP contribution in [0.15, 0.2) is 18.2 Å². The van der Waals surface area contributed by atoms with Gasteiger partial charge in [-0.05, 0) is 31.5 Å². The third kappa shape index (κ3) is 1.98. The molecular formula is C12H12Cl2N2. The van der Waals surface area contributed by atoms with Crippen LogP contribution in [0, 0.1) is 17.2 Å². The van der Waals surface area contributed by atoms with Gasteiger partial charge >= 0.3 is 0 Å². The first-order valence-electron chi connectivity index (χ1n) is 5.25. The highest BCUT2D eigenvalue weighted by Gasteiger charge is 2.31. The van der Waals surface area contributed by atoms with E-state index in [0.717, 1.165) is 18.7 Å². The van der Waals surface area contributed by atoms with Crippen molar-refractivity contribution in [2.75, 3.05) is 11.4 Å². The molecule has 1 saturated heterocycles. The Morgan fingerprint density at radius 2 is 2.19 bits per heavy atom. The highest BCUT2D eigenvalue weighted by Crippen LogP contribution is 2.35. The number of benzene rings is 1. The lowest BCUT2D eigenvalue weighted by Crippen LogP contribution is -2.29. The van der Waals surface area contributed by atoms with E-state index in [-0.39, 0.29) is 12.0 Å². The van der Waals surface area contributed by atoms with Crippen molar-refractivity contribution in [3.05, 3.63) is 28.2 Å². The van der Waals surface area contributed by atoms with Crippen LogP contribution in [0.1, 0.15) is 13.3 Å². The summed E-state index contributed by atoms with van der Waals surface area (Å²) < 4.78 is 0. The normalized spacial score (nSPS) is 24.5. The van der Waals surface area contributed by atoms with E-state index in [1.54, 1.807) is 6.07 Å². The van der Waals surface area contributed by atoms with Gasteiger partial charge < -0.3 is 4.90 Å². The third-order valence-electron chi connectivity index (χ3n) is 3.14. The zero-order valence-electron chi connectivity index (χ0n) is 8.95. The summed E-state index contributed by atoms with van der Waals surface area (Å²) in [6.45, 7) is 2.94. The quantitative estimate of drug-likeness (QED) is 0.764. The lowest BCUT2D eigenvalue weighted by molar-refractivity contribution is 0.615. The summed E-state index contributed by atoms with van der Waals surface area (Å²) in [6.07, 6.45) is 0.899. The van der Waals surface area contributed by atoms with Gasteiger partial charge in [0.15, 0.2) is 0 Å². The molecule has 0 amide bonds. The Kier molecular flexibility index (Phi) is 3.28. The van der Waals surface area contributed by atoms with Crippen LogP contribution in [0.4, 0.5) is 5.69 Å². The Balaban J connectivity index is 2.29. The summed E-state index contributed by atoms with van der Waals surface area (Å²) in [4.78, 5) is 2.17. The first-order chi connectivity index (χ1) is 7.63. The molecule has 1 aliphatic rings. The van der Waals surface area contributed by atoms with Crippen molar-refractivity contribution in [1.82, 2.24) is 0 Å². The molecule has 0 aromatic heterocycles. The van der Waals surface area contributed by atoms with Gasteiger partial charge in [0.05, 0.1) is 22.7 Å². The smallest absolute Gasteiger partial charge is 0.0681 e. The van der Waals surface area contributed by atoms with Gasteiger partial charge in [0, 0.05) is 17.6 Å². The molecule has 0 radical (unpaired) electrons. The molecule has 84 valence electrons. The number of nitriles is 1. The summed E-state index contributed by atoms with van der Waals surface area (Å²) in [5, 5.41) is 10.3. The fraction of sp³-hybridized carbons (Fsp3) is 0.417. The average Bonchev–Trinajstić information content (AvgIpc) is 2.60. The fourth-order valence-corrected chi connectivity index (χ4v) is 2.68. The van der Waals surface area contributed by atoms with Gasteiger partial charge in [-0.25, -0.2) is 0 Å². The molecule has 1 aromatic rings. The Morgan fingerprint density at radius 3 is 2.75 bits per heavy atom. The molecule has 1 fully saturated rings. The van der Waals surface area contributed by atoms with Crippen LogP contribution in [0.3, 0.4) is 0 Å². The van der Waals surface area contributed by atoms with Gasteiger partial charge in [-0.15, -0.1) is 0 Å². The second kappa shape index (κ2) is 4.53. The van der Waals surface area contributed by atoms with Crippen LogP contribution >= 0.6 is 23.2 Å². The Morgan fingerprint density at radius 1 is 1.44 bits per heavy atom. The van der Waals surface area contributed by atoms with Crippen molar-refractivity contribution in [3.63, 3.8) is 0 Å². The predicted molar refractivity (Wildman–Crippen MR) is 67.0 cm³/mol. The minimum absolute atomic E-state index is 0.0896. The van der Waals surface area contributed by atoms with Crippen molar-refractivity contribution in [2.45, 2.75) is 19.4 Å². The van der Waals surface area contributed by atoms with E-state index < -0.39 is 0 Å². The van der Waals surface area contributed by atoms with Crippen molar-refractivity contribution < 1.29 is 0 Å². The largest absolute Gasteiger partial charge is 0.366 e. The van der Waals surface area contributed by atoms with Gasteiger partial charge in [0.1, 0.15) is 0 Å². The zero-order chi connectivity index (χ0) is 11.7. The number of halogens is 2. The minimum Gasteiger partial charge on any atom is -0.366 e. The second-order valence-corrected chi connectivity index (χ2v) is 4.90. The Hall–Kier alpha value is -0.910. The molecule has 4 heteroatoms. The van der Waals surface area contributed by atoms with E-state index >= 15 is 0 Å². The summed E-state index contributed by atoms with van der Waals surface area (Å²) in [7, 11) is 0. The van der Waals surface area contributed by atoms with Gasteiger partial charge in [-0.1, -0.05) is 23.2 Å². The van der Waals surface area contributed by atoms with E-state index in [4.69, 9.17) is 28.5 Å². The second-order valence-electron chi connectivity index (χ2n) is 4.05. The van der Waals surface area contributed by atoms with Crippen LogP contribution in [0.2, 0.25) is 10.0 Å². The first kappa shape index (κ1) is 11.6. The maximum atomic E-state index is 8.98. The van der Waals surface area contributed by atoms with Gasteiger partial charge in [0.2, 0.25) is 0 Å². The Bertz CT molecular complexity index is 439. The maximum absolute atomic E-state index is 8.98. The van der Waals surface area contributed by atoms with Crippen molar-refractivity contribution in [3.8, 4) is 6.07 Å². The van der Waals surface area contributed by atoms with Gasteiger partial charge in [-0.2, -0.15) is 5.26 Å². The van der Waals surface area contributed by atoms with Crippen molar-refractivity contribution in [2.24, 2.45) is 5.92 Å². The van der Waals surface area contributed by atoms with Crippen molar-refractivity contribution >= 4 is 28.9 Å². The van der Waals surface area contributed by atoms with E-state index in [1.165, 1.54) is 0 Å². The molecule has 0 N–H and O–H groups in total. The average molecular weight is 255 g/mol.